The fraction of sp³-hybridized carbons (Fsp3) is 0.941. The average Bonchev–Trinajstić information content (AvgIpc) is 2.51. The summed E-state index contributed by atoms with van der Waals surface area (Å²) in [4.78, 5) is 11.9. The molecular formula is C17H35NO3. The van der Waals surface area contributed by atoms with Gasteiger partial charge in [-0.2, -0.15) is 0 Å². The van der Waals surface area contributed by atoms with E-state index in [0.717, 1.165) is 26.0 Å². The first-order valence-electron chi connectivity index (χ1n) is 8.45. The highest BCUT2D eigenvalue weighted by Crippen LogP contribution is 2.15. The van der Waals surface area contributed by atoms with E-state index in [0.29, 0.717) is 18.9 Å². The maximum absolute atomic E-state index is 11.9. The van der Waals surface area contributed by atoms with Crippen LogP contribution in [-0.4, -0.2) is 38.4 Å². The standard InChI is InChI=1S/C17H35NO3/c1-6-9-10-15(8-3)14-21-13-11-17(4,16(19)20-5)18-12-7-2/h15,18H,6-14H2,1-5H3. The second kappa shape index (κ2) is 12.0. The number of hydrogen-bond donors (Lipinski definition) is 1. The topological polar surface area (TPSA) is 47.6 Å². The molecule has 0 aliphatic rings. The summed E-state index contributed by atoms with van der Waals surface area (Å²) in [5.41, 5.74) is -0.643. The van der Waals surface area contributed by atoms with Gasteiger partial charge in [-0.25, -0.2) is 0 Å². The fourth-order valence-electron chi connectivity index (χ4n) is 2.31. The van der Waals surface area contributed by atoms with Gasteiger partial charge in [0.1, 0.15) is 5.54 Å². The summed E-state index contributed by atoms with van der Waals surface area (Å²) in [6.07, 6.45) is 6.52. The van der Waals surface area contributed by atoms with Crippen LogP contribution in [0.25, 0.3) is 0 Å². The molecule has 0 bridgehead atoms. The third kappa shape index (κ3) is 8.42. The molecule has 2 unspecified atom stereocenters. The molecule has 0 aliphatic carbocycles. The molecule has 21 heavy (non-hydrogen) atoms. The van der Waals surface area contributed by atoms with Gasteiger partial charge in [-0.05, 0) is 38.6 Å². The largest absolute Gasteiger partial charge is 0.468 e. The molecule has 0 aromatic heterocycles. The monoisotopic (exact) mass is 301 g/mol. The lowest BCUT2D eigenvalue weighted by Gasteiger charge is -2.28. The van der Waals surface area contributed by atoms with Crippen molar-refractivity contribution in [1.29, 1.82) is 0 Å². The highest BCUT2D eigenvalue weighted by Gasteiger charge is 2.33. The molecule has 0 saturated heterocycles. The van der Waals surface area contributed by atoms with Gasteiger partial charge in [0.25, 0.3) is 0 Å². The van der Waals surface area contributed by atoms with Crippen LogP contribution in [0.4, 0.5) is 0 Å². The molecule has 0 heterocycles. The molecular weight excluding hydrogens is 266 g/mol. The highest BCUT2D eigenvalue weighted by atomic mass is 16.5. The van der Waals surface area contributed by atoms with E-state index in [2.05, 4.69) is 26.1 Å². The molecule has 0 aromatic rings. The van der Waals surface area contributed by atoms with Crippen LogP contribution < -0.4 is 5.32 Å². The Bertz CT molecular complexity index is 271. The van der Waals surface area contributed by atoms with Crippen LogP contribution in [-0.2, 0) is 14.3 Å². The maximum Gasteiger partial charge on any atom is 0.325 e. The van der Waals surface area contributed by atoms with Gasteiger partial charge < -0.3 is 14.8 Å². The van der Waals surface area contributed by atoms with Gasteiger partial charge in [0, 0.05) is 13.2 Å². The number of carbonyl (C=O) groups is 1. The minimum atomic E-state index is -0.643. The fourth-order valence-corrected chi connectivity index (χ4v) is 2.31. The van der Waals surface area contributed by atoms with E-state index >= 15 is 0 Å². The number of esters is 1. The molecule has 0 fully saturated rings. The van der Waals surface area contributed by atoms with E-state index in [1.165, 1.54) is 26.4 Å². The molecule has 0 rings (SSSR count). The predicted molar refractivity (Wildman–Crippen MR) is 87.5 cm³/mol. The molecule has 0 aromatic carbocycles. The highest BCUT2D eigenvalue weighted by molar-refractivity contribution is 5.80. The van der Waals surface area contributed by atoms with E-state index in [1.807, 2.05) is 6.92 Å². The van der Waals surface area contributed by atoms with E-state index in [4.69, 9.17) is 9.47 Å². The molecule has 1 N–H and O–H groups in total. The molecule has 2 atom stereocenters. The van der Waals surface area contributed by atoms with E-state index in [1.54, 1.807) is 0 Å². The van der Waals surface area contributed by atoms with Crippen molar-refractivity contribution >= 4 is 5.97 Å². The molecule has 0 saturated carbocycles. The van der Waals surface area contributed by atoms with Gasteiger partial charge in [-0.1, -0.05) is 40.0 Å². The number of methoxy groups -OCH3 is 1. The van der Waals surface area contributed by atoms with Crippen molar-refractivity contribution in [1.82, 2.24) is 5.32 Å². The van der Waals surface area contributed by atoms with Crippen molar-refractivity contribution in [3.05, 3.63) is 0 Å². The zero-order valence-electron chi connectivity index (χ0n) is 14.7. The first-order chi connectivity index (χ1) is 10.0. The van der Waals surface area contributed by atoms with Crippen molar-refractivity contribution in [3.8, 4) is 0 Å². The summed E-state index contributed by atoms with van der Waals surface area (Å²) in [7, 11) is 1.44. The zero-order valence-corrected chi connectivity index (χ0v) is 14.7. The molecule has 0 radical (unpaired) electrons. The number of hydrogen-bond acceptors (Lipinski definition) is 4. The second-order valence-electron chi connectivity index (χ2n) is 5.99. The van der Waals surface area contributed by atoms with Gasteiger partial charge in [-0.3, -0.25) is 4.79 Å². The van der Waals surface area contributed by atoms with Crippen molar-refractivity contribution < 1.29 is 14.3 Å². The normalized spacial score (nSPS) is 15.5. The molecule has 0 spiro atoms. The Kier molecular flexibility index (Phi) is 11.6. The number of carbonyl (C=O) groups excluding carboxylic acids is 1. The summed E-state index contributed by atoms with van der Waals surface area (Å²) in [5.74, 6) is 0.426. The lowest BCUT2D eigenvalue weighted by molar-refractivity contribution is -0.148. The molecule has 126 valence electrons. The summed E-state index contributed by atoms with van der Waals surface area (Å²) in [5, 5.41) is 3.28. The van der Waals surface area contributed by atoms with Gasteiger partial charge in [0.05, 0.1) is 7.11 Å². The third-order valence-corrected chi connectivity index (χ3v) is 4.04. The number of rotatable bonds is 13. The summed E-state index contributed by atoms with van der Waals surface area (Å²) in [6.45, 7) is 10.6. The Morgan fingerprint density at radius 1 is 1.24 bits per heavy atom. The minimum absolute atomic E-state index is 0.211. The van der Waals surface area contributed by atoms with Crippen molar-refractivity contribution in [3.63, 3.8) is 0 Å². The lowest BCUT2D eigenvalue weighted by Crippen LogP contribution is -2.51. The van der Waals surface area contributed by atoms with E-state index in [9.17, 15) is 4.79 Å². The van der Waals surface area contributed by atoms with E-state index < -0.39 is 5.54 Å². The van der Waals surface area contributed by atoms with Crippen LogP contribution in [0.3, 0.4) is 0 Å². The Morgan fingerprint density at radius 3 is 2.48 bits per heavy atom. The van der Waals surface area contributed by atoms with Crippen LogP contribution in [0.1, 0.15) is 66.2 Å². The van der Waals surface area contributed by atoms with Gasteiger partial charge in [-0.15, -0.1) is 0 Å². The van der Waals surface area contributed by atoms with Crippen LogP contribution >= 0.6 is 0 Å². The Hall–Kier alpha value is -0.610. The summed E-state index contributed by atoms with van der Waals surface area (Å²) in [6, 6.07) is 0. The first kappa shape index (κ1) is 20.4. The smallest absolute Gasteiger partial charge is 0.325 e. The molecule has 0 aliphatic heterocycles. The van der Waals surface area contributed by atoms with Crippen molar-refractivity contribution in [2.75, 3.05) is 26.9 Å². The quantitative estimate of drug-likeness (QED) is 0.417. The first-order valence-corrected chi connectivity index (χ1v) is 8.45. The van der Waals surface area contributed by atoms with Crippen LogP contribution in [0.5, 0.6) is 0 Å². The third-order valence-electron chi connectivity index (χ3n) is 4.04. The van der Waals surface area contributed by atoms with E-state index in [-0.39, 0.29) is 5.97 Å². The number of unbranched alkanes of at least 4 members (excludes halogenated alkanes) is 1. The predicted octanol–water partition coefficient (Wildman–Crippen LogP) is 3.54. The van der Waals surface area contributed by atoms with Gasteiger partial charge in [0.15, 0.2) is 0 Å². The molecule has 4 heteroatoms. The van der Waals surface area contributed by atoms with Gasteiger partial charge >= 0.3 is 5.97 Å². The Morgan fingerprint density at radius 2 is 1.95 bits per heavy atom. The maximum atomic E-state index is 11.9. The lowest BCUT2D eigenvalue weighted by atomic mass is 9.98. The minimum Gasteiger partial charge on any atom is -0.468 e. The van der Waals surface area contributed by atoms with Crippen molar-refractivity contribution in [2.45, 2.75) is 71.8 Å². The number of nitrogens with one attached hydrogen (secondary N) is 1. The second-order valence-corrected chi connectivity index (χ2v) is 5.99. The van der Waals surface area contributed by atoms with Crippen LogP contribution in [0.15, 0.2) is 0 Å². The SMILES string of the molecule is CCCCC(CC)COCCC(C)(NCCC)C(=O)OC. The van der Waals surface area contributed by atoms with Gasteiger partial charge in [0.2, 0.25) is 0 Å². The summed E-state index contributed by atoms with van der Waals surface area (Å²) >= 11 is 0. The summed E-state index contributed by atoms with van der Waals surface area (Å²) < 4.78 is 10.7. The van der Waals surface area contributed by atoms with Crippen LogP contribution in [0, 0.1) is 5.92 Å². The zero-order chi connectivity index (χ0) is 16.1. The number of ether oxygens (including phenoxy) is 2. The Labute approximate surface area is 131 Å². The van der Waals surface area contributed by atoms with Crippen molar-refractivity contribution in [2.24, 2.45) is 5.92 Å². The average molecular weight is 301 g/mol. The Balaban J connectivity index is 4.15. The van der Waals surface area contributed by atoms with Crippen LogP contribution in [0.2, 0.25) is 0 Å². The molecule has 4 nitrogen and oxygen atoms in total. The molecule has 0 amide bonds.